The maximum Gasteiger partial charge on any atom is 0.0659 e. The Hall–Kier alpha value is -2.58. The predicted octanol–water partition coefficient (Wildman–Crippen LogP) is 3.20. The van der Waals surface area contributed by atoms with Gasteiger partial charge in [-0.05, 0) is 72.9 Å². The van der Waals surface area contributed by atoms with Crippen molar-refractivity contribution in [1.29, 1.82) is 0 Å². The van der Waals surface area contributed by atoms with Gasteiger partial charge < -0.3 is 0 Å². The first-order chi connectivity index (χ1) is 12.2. The smallest absolute Gasteiger partial charge is 0.0659 e. The van der Waals surface area contributed by atoms with Crippen LogP contribution >= 0.6 is 0 Å². The van der Waals surface area contributed by atoms with Crippen LogP contribution in [0.4, 0.5) is 0 Å². The molecule has 5 heteroatoms. The fourth-order valence-electron chi connectivity index (χ4n) is 2.76. The van der Waals surface area contributed by atoms with Crippen LogP contribution in [0.25, 0.3) is 0 Å². The van der Waals surface area contributed by atoms with Gasteiger partial charge in [0.2, 0.25) is 0 Å². The van der Waals surface area contributed by atoms with Crippen LogP contribution in [0.2, 0.25) is 0 Å². The summed E-state index contributed by atoms with van der Waals surface area (Å²) in [5.74, 6) is 0. The first kappa shape index (κ1) is 14.7. The molecule has 0 N–H and O–H groups in total. The maximum absolute atomic E-state index is 8.11. The van der Waals surface area contributed by atoms with Gasteiger partial charge in [0.15, 0.2) is 0 Å². The summed E-state index contributed by atoms with van der Waals surface area (Å²) in [6, 6.07) is 0.379. The second-order valence-corrected chi connectivity index (χ2v) is 5.67. The monoisotopic (exact) mass is 430 g/mol. The number of rotatable bonds is 0. The van der Waals surface area contributed by atoms with E-state index < -0.39 is 0 Å². The van der Waals surface area contributed by atoms with Crippen molar-refractivity contribution in [3.05, 3.63) is 95.7 Å². The second-order valence-electron chi connectivity index (χ2n) is 5.67. The normalized spacial score (nSPS) is 22.7. The summed E-state index contributed by atoms with van der Waals surface area (Å²) in [5.41, 5.74) is 6.33. The van der Waals surface area contributed by atoms with Crippen molar-refractivity contribution >= 4 is 47.3 Å². The number of fused-ring (bicyclic) bond motifs is 4. The topological polar surface area (TPSA) is 49.4 Å². The molecule has 0 saturated carbocycles. The molecule has 0 aliphatic carbocycles. The number of hydrogen-bond donors (Lipinski definition) is 0. The number of allylic oxidation sites excluding steroid dienone is 12. The SMILES string of the molecule is [2H]C1=CC2=CC3=NC(=CC4=NC(=CC5=NC(=CC1=N2)C=C5)C=C4)C=C3.[Sb]. The Labute approximate surface area is 164 Å². The van der Waals surface area contributed by atoms with Crippen molar-refractivity contribution in [1.82, 2.24) is 0 Å². The fraction of sp³-hybridized carbons (Fsp3) is 0. The summed E-state index contributed by atoms with van der Waals surface area (Å²) >= 11 is 0. The van der Waals surface area contributed by atoms with Gasteiger partial charge in [-0.1, -0.05) is 0 Å². The largest absolute Gasteiger partial charge is 0.249 e. The second kappa shape index (κ2) is 6.38. The van der Waals surface area contributed by atoms with E-state index in [2.05, 4.69) is 20.0 Å². The van der Waals surface area contributed by atoms with Crippen LogP contribution in [0, 0.1) is 0 Å². The van der Waals surface area contributed by atoms with Gasteiger partial charge in [-0.15, -0.1) is 0 Å². The van der Waals surface area contributed by atoms with Gasteiger partial charge in [-0.2, -0.15) is 0 Å². The average Bonchev–Trinajstić information content (AvgIpc) is 3.33. The van der Waals surface area contributed by atoms with E-state index in [0.29, 0.717) is 11.8 Å². The molecule has 0 aromatic heterocycles. The van der Waals surface area contributed by atoms with Crippen molar-refractivity contribution < 1.29 is 1.37 Å². The Morgan fingerprint density at radius 3 is 1.32 bits per heavy atom. The molecule has 0 atom stereocenters. The van der Waals surface area contributed by atoms with Crippen LogP contribution < -0.4 is 0 Å². The summed E-state index contributed by atoms with van der Waals surface area (Å²) in [6.07, 6.45) is 21.0. The van der Waals surface area contributed by atoms with Gasteiger partial charge in [-0.3, -0.25) is 0 Å². The molecule has 25 heavy (non-hydrogen) atoms. The molecule has 4 nitrogen and oxygen atoms in total. The Bertz CT molecular complexity index is 1080. The first-order valence-electron chi connectivity index (χ1n) is 8.16. The molecule has 0 fully saturated rings. The molecule has 0 amide bonds. The molecule has 8 bridgehead atoms. The number of nitrogens with zero attached hydrogens (tertiary/aromatic N) is 4. The van der Waals surface area contributed by atoms with E-state index in [1.54, 1.807) is 6.08 Å². The zero-order valence-corrected chi connectivity index (χ0v) is 15.6. The van der Waals surface area contributed by atoms with Gasteiger partial charge >= 0.3 is 0 Å². The van der Waals surface area contributed by atoms with Gasteiger partial charge in [-0.25, -0.2) is 20.0 Å². The van der Waals surface area contributed by atoms with E-state index in [0.717, 1.165) is 39.9 Å². The summed E-state index contributed by atoms with van der Waals surface area (Å²) in [5, 5.41) is 0. The van der Waals surface area contributed by atoms with Gasteiger partial charge in [0.25, 0.3) is 0 Å². The predicted molar refractivity (Wildman–Crippen MR) is 104 cm³/mol. The van der Waals surface area contributed by atoms with Crippen molar-refractivity contribution in [2.24, 2.45) is 20.0 Å². The van der Waals surface area contributed by atoms with Gasteiger partial charge in [0.1, 0.15) is 0 Å². The standard InChI is InChI=1S/C20H12N4.Sb/c1-2-14-10-16-5-6-18(23-16)12-20-8-7-19(24-20)11-17-4-3-15(22-17)9-13(1)21-14;/h1-12H;/i1D;. The summed E-state index contributed by atoms with van der Waals surface area (Å²) < 4.78 is 8.11. The fourth-order valence-corrected chi connectivity index (χ4v) is 2.76. The minimum Gasteiger partial charge on any atom is -0.249 e. The Morgan fingerprint density at radius 2 is 0.840 bits per heavy atom. The quantitative estimate of drug-likeness (QED) is 0.530. The molecule has 5 heterocycles. The molecular weight excluding hydrogens is 418 g/mol. The molecule has 0 aromatic rings. The summed E-state index contributed by atoms with van der Waals surface area (Å²) in [6.45, 7) is 0. The first-order valence-corrected chi connectivity index (χ1v) is 7.66. The van der Waals surface area contributed by atoms with Crippen LogP contribution in [0.1, 0.15) is 1.37 Å². The number of hydrogen-bond acceptors (Lipinski definition) is 4. The van der Waals surface area contributed by atoms with E-state index in [1.165, 1.54) is 0 Å². The van der Waals surface area contributed by atoms with E-state index in [-0.39, 0.29) is 24.4 Å². The molecule has 5 aliphatic rings. The molecule has 0 spiro atoms. The van der Waals surface area contributed by atoms with Crippen LogP contribution in [0.5, 0.6) is 0 Å². The van der Waals surface area contributed by atoms with Gasteiger partial charge in [0.05, 0.1) is 47.0 Å². The minimum atomic E-state index is 0. The van der Waals surface area contributed by atoms with Crippen LogP contribution in [-0.2, 0) is 0 Å². The molecule has 0 unspecified atom stereocenters. The molecule has 0 aromatic carbocycles. The Balaban J connectivity index is 0.00000168. The molecule has 117 valence electrons. The third-order valence-corrected chi connectivity index (χ3v) is 3.84. The van der Waals surface area contributed by atoms with Crippen LogP contribution in [0.15, 0.2) is 116 Å². The minimum absolute atomic E-state index is 0. The van der Waals surface area contributed by atoms with Crippen molar-refractivity contribution in [2.45, 2.75) is 0 Å². The van der Waals surface area contributed by atoms with E-state index in [1.807, 2.05) is 60.8 Å². The molecule has 5 aliphatic heterocycles. The zero-order chi connectivity index (χ0) is 16.8. The summed E-state index contributed by atoms with van der Waals surface area (Å²) in [7, 11) is 0. The molecule has 0 saturated heterocycles. The molecular formula is C20H12N4Sb. The third kappa shape index (κ3) is 3.31. The van der Waals surface area contributed by atoms with E-state index >= 15 is 0 Å². The molecule has 5 rings (SSSR count). The number of aliphatic imine (C=N–C) groups is 4. The van der Waals surface area contributed by atoms with Crippen LogP contribution in [0.3, 0.4) is 0 Å². The van der Waals surface area contributed by atoms with Gasteiger partial charge in [0, 0.05) is 24.4 Å². The van der Waals surface area contributed by atoms with Crippen molar-refractivity contribution in [2.75, 3.05) is 0 Å². The van der Waals surface area contributed by atoms with Crippen molar-refractivity contribution in [3.8, 4) is 0 Å². The van der Waals surface area contributed by atoms with E-state index in [9.17, 15) is 0 Å². The van der Waals surface area contributed by atoms with Crippen molar-refractivity contribution in [3.63, 3.8) is 0 Å². The third-order valence-electron chi connectivity index (χ3n) is 3.84. The average molecular weight is 431 g/mol. The maximum atomic E-state index is 8.11. The Kier molecular flexibility index (Phi) is 3.76. The van der Waals surface area contributed by atoms with Crippen LogP contribution in [-0.4, -0.2) is 47.3 Å². The molecule has 3 radical (unpaired) electrons. The van der Waals surface area contributed by atoms with E-state index in [4.69, 9.17) is 1.37 Å². The zero-order valence-electron chi connectivity index (χ0n) is 14.1. The Morgan fingerprint density at radius 1 is 0.480 bits per heavy atom. The summed E-state index contributed by atoms with van der Waals surface area (Å²) in [4.78, 5) is 18.2.